The van der Waals surface area contributed by atoms with Crippen LogP contribution in [0.25, 0.3) is 5.76 Å². The van der Waals surface area contributed by atoms with Gasteiger partial charge >= 0.3 is 5.69 Å². The van der Waals surface area contributed by atoms with Gasteiger partial charge in [-0.15, -0.1) is 0 Å². The smallest absolute Gasteiger partial charge is 0.417 e. The fraction of sp³-hybridized carbons (Fsp3) is 0.174. The number of hydrogen-bond acceptors (Lipinski definition) is 3. The summed E-state index contributed by atoms with van der Waals surface area (Å²) in [4.78, 5) is 29.1. The van der Waals surface area contributed by atoms with E-state index in [1.54, 1.807) is 7.05 Å². The Labute approximate surface area is 166 Å². The standard InChI is InChI=1S/C23H19N3O3/c1-12-8-10-13(11-9-12)16-17-19(14-6-4-5-7-15(14)20(17)27)24-21-18(16)22(28)26(3)23(29)25(21)2/h4-11,16,27H,1-3H3/p+1. The Balaban J connectivity index is 1.94. The van der Waals surface area contributed by atoms with Crippen LogP contribution in [0.1, 0.15) is 33.7 Å². The predicted octanol–water partition coefficient (Wildman–Crippen LogP) is 1.02. The minimum Gasteiger partial charge on any atom is -0.507 e. The van der Waals surface area contributed by atoms with Gasteiger partial charge in [-0.05, 0) is 18.6 Å². The van der Waals surface area contributed by atoms with Gasteiger partial charge in [0.2, 0.25) is 0 Å². The first kappa shape index (κ1) is 17.4. The Morgan fingerprint density at radius 1 is 0.931 bits per heavy atom. The maximum Gasteiger partial charge on any atom is 0.417 e. The maximum atomic E-state index is 13.2. The number of fused-ring (bicyclic) bond motifs is 4. The van der Waals surface area contributed by atoms with Crippen molar-refractivity contribution in [1.29, 1.82) is 0 Å². The number of allylic oxidation sites excluding steroid dienone is 1. The third-order valence-electron chi connectivity index (χ3n) is 5.91. The largest absolute Gasteiger partial charge is 0.507 e. The summed E-state index contributed by atoms with van der Waals surface area (Å²) in [7, 11) is 3.13. The fourth-order valence-electron chi connectivity index (χ4n) is 4.37. The minimum absolute atomic E-state index is 0.162. The topological polar surface area (TPSA) is 78.2 Å². The van der Waals surface area contributed by atoms with E-state index in [4.69, 9.17) is 0 Å². The van der Waals surface area contributed by atoms with Crippen LogP contribution < -0.4 is 16.2 Å². The van der Waals surface area contributed by atoms with Crippen LogP contribution in [0.15, 0.2) is 63.7 Å². The van der Waals surface area contributed by atoms with Gasteiger partial charge < -0.3 is 5.11 Å². The first-order chi connectivity index (χ1) is 13.9. The molecule has 2 heterocycles. The van der Waals surface area contributed by atoms with E-state index < -0.39 is 11.6 Å². The van der Waals surface area contributed by atoms with Crippen LogP contribution in [0, 0.1) is 6.92 Å². The number of hydrogen-bond donors (Lipinski definition) is 2. The molecule has 2 aliphatic rings. The molecule has 3 aromatic rings. The molecule has 1 aliphatic heterocycles. The van der Waals surface area contributed by atoms with Crippen molar-refractivity contribution >= 4 is 17.3 Å². The van der Waals surface area contributed by atoms with Crippen molar-refractivity contribution in [2.45, 2.75) is 12.8 Å². The van der Waals surface area contributed by atoms with Gasteiger partial charge in [0.15, 0.2) is 0 Å². The van der Waals surface area contributed by atoms with Crippen molar-refractivity contribution < 1.29 is 10.1 Å². The zero-order valence-electron chi connectivity index (χ0n) is 16.4. The summed E-state index contributed by atoms with van der Waals surface area (Å²) in [6, 6.07) is 15.5. The van der Waals surface area contributed by atoms with Crippen LogP contribution in [0.2, 0.25) is 0 Å². The van der Waals surface area contributed by atoms with Gasteiger partial charge in [0.1, 0.15) is 17.0 Å². The number of aryl methyl sites for hydroxylation is 1. The molecule has 1 aliphatic carbocycles. The number of nitrogens with zero attached hydrogens (tertiary/aromatic N) is 2. The van der Waals surface area contributed by atoms with Crippen molar-refractivity contribution in [3.8, 4) is 0 Å². The van der Waals surface area contributed by atoms with Crippen LogP contribution in [0.4, 0.5) is 5.82 Å². The highest BCUT2D eigenvalue weighted by atomic mass is 16.3. The molecule has 6 nitrogen and oxygen atoms in total. The molecule has 0 spiro atoms. The summed E-state index contributed by atoms with van der Waals surface area (Å²) in [6.07, 6.45) is 0. The second-order valence-electron chi connectivity index (χ2n) is 7.62. The second kappa shape index (κ2) is 5.91. The number of aliphatic hydroxyl groups excluding tert-OH is 1. The van der Waals surface area contributed by atoms with Gasteiger partial charge in [-0.25, -0.2) is 14.4 Å². The van der Waals surface area contributed by atoms with Crippen LogP contribution in [0.5, 0.6) is 0 Å². The minimum atomic E-state index is -0.486. The van der Waals surface area contributed by atoms with Crippen molar-refractivity contribution in [3.05, 3.63) is 103 Å². The molecule has 29 heavy (non-hydrogen) atoms. The molecule has 2 N–H and O–H groups in total. The van der Waals surface area contributed by atoms with Crippen LogP contribution in [-0.4, -0.2) is 20.0 Å². The fourth-order valence-corrected chi connectivity index (χ4v) is 4.37. The number of aromatic nitrogens is 2. The summed E-state index contributed by atoms with van der Waals surface area (Å²) < 4.78 is 2.58. The molecule has 1 atom stereocenters. The quantitative estimate of drug-likeness (QED) is 0.656. The highest BCUT2D eigenvalue weighted by Crippen LogP contribution is 2.43. The van der Waals surface area contributed by atoms with Crippen LogP contribution in [0.3, 0.4) is 0 Å². The van der Waals surface area contributed by atoms with Crippen molar-refractivity contribution in [2.75, 3.05) is 0 Å². The van der Waals surface area contributed by atoms with E-state index >= 15 is 0 Å². The molecular formula is C23H20N3O3+. The average Bonchev–Trinajstić information content (AvgIpc) is 3.02. The van der Waals surface area contributed by atoms with Gasteiger partial charge in [0.05, 0.1) is 18.5 Å². The highest BCUT2D eigenvalue weighted by Gasteiger charge is 2.44. The number of rotatable bonds is 1. The Hall–Kier alpha value is -3.67. The normalized spacial score (nSPS) is 16.9. The molecule has 0 bridgehead atoms. The van der Waals surface area contributed by atoms with Crippen molar-refractivity contribution in [3.63, 3.8) is 0 Å². The lowest BCUT2D eigenvalue weighted by molar-refractivity contribution is -0.364. The third kappa shape index (κ3) is 2.26. The molecule has 0 amide bonds. The monoisotopic (exact) mass is 386 g/mol. The van der Waals surface area contributed by atoms with Gasteiger partial charge in [-0.2, -0.15) is 4.57 Å². The summed E-state index contributed by atoms with van der Waals surface area (Å²) >= 11 is 0. The van der Waals surface area contributed by atoms with Crippen molar-refractivity contribution in [2.24, 2.45) is 14.1 Å². The molecular weight excluding hydrogens is 366 g/mol. The van der Waals surface area contributed by atoms with E-state index in [2.05, 4.69) is 4.99 Å². The average molecular weight is 386 g/mol. The molecule has 5 rings (SSSR count). The lowest BCUT2D eigenvalue weighted by atomic mass is 9.81. The molecule has 0 saturated carbocycles. The van der Waals surface area contributed by atoms with E-state index in [1.165, 1.54) is 11.6 Å². The number of aliphatic hydroxyl groups is 1. The van der Waals surface area contributed by atoms with Crippen LogP contribution in [-0.2, 0) is 14.1 Å². The molecule has 0 fully saturated rings. The highest BCUT2D eigenvalue weighted by molar-refractivity contribution is 6.21. The van der Waals surface area contributed by atoms with E-state index in [0.29, 0.717) is 17.0 Å². The maximum absolute atomic E-state index is 13.2. The first-order valence-corrected chi connectivity index (χ1v) is 9.44. The first-order valence-electron chi connectivity index (χ1n) is 9.44. The summed E-state index contributed by atoms with van der Waals surface area (Å²) in [5.41, 5.74) is 4.67. The van der Waals surface area contributed by atoms with Gasteiger partial charge in [-0.1, -0.05) is 48.0 Å². The SMILES string of the molecule is Cc1ccc(C2C3=C(O)c4ccccc4C3=[NH+]c3c2c(=O)n(C)c(=O)n3C)cc1. The van der Waals surface area contributed by atoms with Crippen molar-refractivity contribution in [1.82, 2.24) is 9.13 Å². The lowest BCUT2D eigenvalue weighted by Crippen LogP contribution is -2.73. The molecule has 144 valence electrons. The summed E-state index contributed by atoms with van der Waals surface area (Å²) in [5.74, 6) is 0.141. The van der Waals surface area contributed by atoms with E-state index in [1.807, 2.05) is 55.5 Å². The molecule has 6 heteroatoms. The van der Waals surface area contributed by atoms with E-state index in [0.717, 1.165) is 32.5 Å². The van der Waals surface area contributed by atoms with E-state index in [9.17, 15) is 14.7 Å². The number of nitrogens with one attached hydrogen (secondary N) is 1. The molecule has 0 saturated heterocycles. The molecule has 2 aromatic carbocycles. The molecule has 1 aromatic heterocycles. The van der Waals surface area contributed by atoms with Gasteiger partial charge in [-0.3, -0.25) is 4.79 Å². The molecule has 0 radical (unpaired) electrons. The molecule has 1 unspecified atom stereocenters. The van der Waals surface area contributed by atoms with Gasteiger partial charge in [0.25, 0.3) is 11.4 Å². The number of benzene rings is 2. The Bertz CT molecular complexity index is 1370. The zero-order chi connectivity index (χ0) is 20.4. The van der Waals surface area contributed by atoms with Crippen LogP contribution >= 0.6 is 0 Å². The lowest BCUT2D eigenvalue weighted by Gasteiger charge is -2.24. The van der Waals surface area contributed by atoms with Gasteiger partial charge in [0, 0.05) is 18.2 Å². The van der Waals surface area contributed by atoms with E-state index in [-0.39, 0.29) is 11.3 Å². The summed E-state index contributed by atoms with van der Waals surface area (Å²) in [5, 5.41) is 11.1. The third-order valence-corrected chi connectivity index (χ3v) is 5.91. The Morgan fingerprint density at radius 3 is 2.28 bits per heavy atom. The predicted molar refractivity (Wildman–Crippen MR) is 111 cm³/mol. The Kier molecular flexibility index (Phi) is 3.55. The second-order valence-corrected chi connectivity index (χ2v) is 7.62. The zero-order valence-corrected chi connectivity index (χ0v) is 16.4. The Morgan fingerprint density at radius 2 is 1.59 bits per heavy atom. The summed E-state index contributed by atoms with van der Waals surface area (Å²) in [6.45, 7) is 2.00.